The molecule has 2 aromatic carbocycles. The standard InChI is InChI=1S/C17H12Cl2N4O/c1-23-15-5-3-2-4-14(15)22-16(23)11(9-20)17(24)21-10-6-7-12(18)13(19)8-10/h2-8,11H,1H3,(H,21,24). The molecule has 1 N–H and O–H groups in total. The number of nitrogens with zero attached hydrogens (tertiary/aromatic N) is 3. The number of fused-ring (bicyclic) bond motifs is 1. The third-order valence-electron chi connectivity index (χ3n) is 3.66. The normalized spacial score (nSPS) is 11.9. The summed E-state index contributed by atoms with van der Waals surface area (Å²) in [5, 5.41) is 12.9. The Morgan fingerprint density at radius 2 is 2.00 bits per heavy atom. The van der Waals surface area contributed by atoms with Gasteiger partial charge in [-0.2, -0.15) is 5.26 Å². The number of rotatable bonds is 3. The van der Waals surface area contributed by atoms with E-state index in [9.17, 15) is 10.1 Å². The molecule has 0 bridgehead atoms. The van der Waals surface area contributed by atoms with Crippen LogP contribution in [0.1, 0.15) is 11.7 Å². The topological polar surface area (TPSA) is 70.7 Å². The minimum Gasteiger partial charge on any atom is -0.330 e. The lowest BCUT2D eigenvalue weighted by Gasteiger charge is -2.11. The van der Waals surface area contributed by atoms with Crippen LogP contribution < -0.4 is 5.32 Å². The Balaban J connectivity index is 1.92. The molecule has 120 valence electrons. The van der Waals surface area contributed by atoms with Crippen LogP contribution in [0.5, 0.6) is 0 Å². The molecule has 1 heterocycles. The molecule has 5 nitrogen and oxygen atoms in total. The van der Waals surface area contributed by atoms with Crippen molar-refractivity contribution in [3.05, 3.63) is 58.3 Å². The Labute approximate surface area is 148 Å². The van der Waals surface area contributed by atoms with E-state index in [4.69, 9.17) is 23.2 Å². The molecule has 0 aliphatic rings. The van der Waals surface area contributed by atoms with Crippen LogP contribution in [0, 0.1) is 11.3 Å². The van der Waals surface area contributed by atoms with Gasteiger partial charge in [-0.25, -0.2) is 4.98 Å². The lowest BCUT2D eigenvalue weighted by atomic mass is 10.1. The van der Waals surface area contributed by atoms with Gasteiger partial charge in [0.15, 0.2) is 5.92 Å². The molecule has 0 aliphatic heterocycles. The van der Waals surface area contributed by atoms with Crippen LogP contribution in [0.3, 0.4) is 0 Å². The number of aryl methyl sites for hydroxylation is 1. The Morgan fingerprint density at radius 3 is 2.67 bits per heavy atom. The number of halogens is 2. The van der Waals surface area contributed by atoms with Crippen molar-refractivity contribution in [1.82, 2.24) is 9.55 Å². The maximum absolute atomic E-state index is 12.5. The molecular weight excluding hydrogens is 347 g/mol. The van der Waals surface area contributed by atoms with Gasteiger partial charge in [-0.05, 0) is 30.3 Å². The van der Waals surface area contributed by atoms with Crippen molar-refractivity contribution in [1.29, 1.82) is 5.26 Å². The first kappa shape index (κ1) is 16.3. The van der Waals surface area contributed by atoms with Crippen molar-refractivity contribution in [2.75, 3.05) is 5.32 Å². The number of para-hydroxylation sites is 2. The van der Waals surface area contributed by atoms with Crippen LogP contribution in [-0.4, -0.2) is 15.5 Å². The molecule has 0 saturated carbocycles. The van der Waals surface area contributed by atoms with E-state index >= 15 is 0 Å². The largest absolute Gasteiger partial charge is 0.330 e. The summed E-state index contributed by atoms with van der Waals surface area (Å²) in [6.45, 7) is 0. The minimum atomic E-state index is -1.04. The number of nitriles is 1. The van der Waals surface area contributed by atoms with Gasteiger partial charge in [0.25, 0.3) is 0 Å². The van der Waals surface area contributed by atoms with E-state index in [0.717, 1.165) is 11.0 Å². The molecule has 0 radical (unpaired) electrons. The first-order valence-electron chi connectivity index (χ1n) is 7.08. The minimum absolute atomic E-state index is 0.325. The molecule has 3 rings (SSSR count). The summed E-state index contributed by atoms with van der Waals surface area (Å²) in [6, 6.07) is 14.2. The van der Waals surface area contributed by atoms with E-state index in [1.165, 1.54) is 6.07 Å². The van der Waals surface area contributed by atoms with Crippen molar-refractivity contribution in [3.8, 4) is 6.07 Å². The van der Waals surface area contributed by atoms with E-state index in [1.807, 2.05) is 30.3 Å². The van der Waals surface area contributed by atoms with Crippen molar-refractivity contribution < 1.29 is 4.79 Å². The number of anilines is 1. The summed E-state index contributed by atoms with van der Waals surface area (Å²) < 4.78 is 1.75. The quantitative estimate of drug-likeness (QED) is 0.765. The van der Waals surface area contributed by atoms with Crippen molar-refractivity contribution >= 4 is 45.8 Å². The summed E-state index contributed by atoms with van der Waals surface area (Å²) in [5.41, 5.74) is 2.06. The summed E-state index contributed by atoms with van der Waals surface area (Å²) in [6.07, 6.45) is 0. The highest BCUT2D eigenvalue weighted by Crippen LogP contribution is 2.26. The maximum atomic E-state index is 12.5. The fourth-order valence-electron chi connectivity index (χ4n) is 2.44. The number of carbonyl (C=O) groups is 1. The van der Waals surface area contributed by atoms with Crippen molar-refractivity contribution in [2.45, 2.75) is 5.92 Å². The molecule has 0 fully saturated rings. The molecular formula is C17H12Cl2N4O. The van der Waals surface area contributed by atoms with Gasteiger partial charge in [-0.3, -0.25) is 4.79 Å². The summed E-state index contributed by atoms with van der Waals surface area (Å²) in [5.74, 6) is -1.14. The van der Waals surface area contributed by atoms with Gasteiger partial charge < -0.3 is 9.88 Å². The molecule has 1 unspecified atom stereocenters. The Morgan fingerprint density at radius 1 is 1.25 bits per heavy atom. The predicted octanol–water partition coefficient (Wildman–Crippen LogP) is 4.13. The molecule has 1 amide bonds. The van der Waals surface area contributed by atoms with Gasteiger partial charge in [0.1, 0.15) is 5.82 Å². The van der Waals surface area contributed by atoms with Crippen LogP contribution in [-0.2, 0) is 11.8 Å². The van der Waals surface area contributed by atoms with E-state index < -0.39 is 11.8 Å². The zero-order valence-corrected chi connectivity index (χ0v) is 14.1. The Bertz CT molecular complexity index is 974. The molecule has 3 aromatic rings. The van der Waals surface area contributed by atoms with E-state index in [-0.39, 0.29) is 0 Å². The second kappa shape index (κ2) is 6.52. The van der Waals surface area contributed by atoms with Gasteiger partial charge in [-0.1, -0.05) is 35.3 Å². The first-order valence-corrected chi connectivity index (χ1v) is 7.83. The third kappa shape index (κ3) is 2.94. The number of benzene rings is 2. The lowest BCUT2D eigenvalue weighted by Crippen LogP contribution is -2.22. The second-order valence-electron chi connectivity index (χ2n) is 5.20. The van der Waals surface area contributed by atoms with E-state index in [0.29, 0.717) is 21.6 Å². The molecule has 0 saturated heterocycles. The van der Waals surface area contributed by atoms with Gasteiger partial charge in [-0.15, -0.1) is 0 Å². The third-order valence-corrected chi connectivity index (χ3v) is 4.40. The zero-order valence-electron chi connectivity index (χ0n) is 12.6. The molecule has 24 heavy (non-hydrogen) atoms. The number of aromatic nitrogens is 2. The molecule has 0 spiro atoms. The fraction of sp³-hybridized carbons (Fsp3) is 0.118. The number of carbonyl (C=O) groups excluding carboxylic acids is 1. The zero-order chi connectivity index (χ0) is 17.3. The number of hydrogen-bond donors (Lipinski definition) is 1. The molecule has 0 aliphatic carbocycles. The average molecular weight is 359 g/mol. The summed E-state index contributed by atoms with van der Waals surface area (Å²) >= 11 is 11.8. The SMILES string of the molecule is Cn1c(C(C#N)C(=O)Nc2ccc(Cl)c(Cl)c2)nc2ccccc21. The molecule has 1 atom stereocenters. The van der Waals surface area contributed by atoms with Crippen LogP contribution in [0.2, 0.25) is 10.0 Å². The maximum Gasteiger partial charge on any atom is 0.249 e. The average Bonchev–Trinajstić information content (AvgIpc) is 2.89. The van der Waals surface area contributed by atoms with Gasteiger partial charge in [0.2, 0.25) is 5.91 Å². The number of amides is 1. The van der Waals surface area contributed by atoms with Gasteiger partial charge in [0, 0.05) is 12.7 Å². The van der Waals surface area contributed by atoms with Crippen LogP contribution in [0.25, 0.3) is 11.0 Å². The number of hydrogen-bond acceptors (Lipinski definition) is 3. The monoisotopic (exact) mass is 358 g/mol. The summed E-state index contributed by atoms with van der Waals surface area (Å²) in [4.78, 5) is 16.9. The van der Waals surface area contributed by atoms with Crippen LogP contribution in [0.15, 0.2) is 42.5 Å². The van der Waals surface area contributed by atoms with Crippen molar-refractivity contribution in [2.24, 2.45) is 7.05 Å². The van der Waals surface area contributed by atoms with E-state index in [1.54, 1.807) is 23.7 Å². The predicted molar refractivity (Wildman–Crippen MR) is 94.2 cm³/mol. The number of nitrogens with one attached hydrogen (secondary N) is 1. The van der Waals surface area contributed by atoms with E-state index in [2.05, 4.69) is 10.3 Å². The summed E-state index contributed by atoms with van der Waals surface area (Å²) in [7, 11) is 1.78. The van der Waals surface area contributed by atoms with Gasteiger partial charge >= 0.3 is 0 Å². The Kier molecular flexibility index (Phi) is 4.43. The first-order chi connectivity index (χ1) is 11.5. The highest BCUT2D eigenvalue weighted by Gasteiger charge is 2.26. The smallest absolute Gasteiger partial charge is 0.249 e. The van der Waals surface area contributed by atoms with Crippen LogP contribution >= 0.6 is 23.2 Å². The molecule has 1 aromatic heterocycles. The fourth-order valence-corrected chi connectivity index (χ4v) is 2.74. The second-order valence-corrected chi connectivity index (χ2v) is 6.01. The Hall–Kier alpha value is -2.55. The lowest BCUT2D eigenvalue weighted by molar-refractivity contribution is -0.116. The molecule has 7 heteroatoms. The van der Waals surface area contributed by atoms with Gasteiger partial charge in [0.05, 0.1) is 27.1 Å². The highest BCUT2D eigenvalue weighted by atomic mass is 35.5. The highest BCUT2D eigenvalue weighted by molar-refractivity contribution is 6.42. The van der Waals surface area contributed by atoms with Crippen molar-refractivity contribution in [3.63, 3.8) is 0 Å². The van der Waals surface area contributed by atoms with Crippen LogP contribution in [0.4, 0.5) is 5.69 Å². The number of imidazole rings is 1.